The van der Waals surface area contributed by atoms with E-state index in [1.807, 2.05) is 24.3 Å². The van der Waals surface area contributed by atoms with Gasteiger partial charge in [-0.3, -0.25) is 0 Å². The van der Waals surface area contributed by atoms with Crippen LogP contribution in [-0.2, 0) is 6.42 Å². The fraction of sp³-hybridized carbons (Fsp3) is 0.200. The first-order valence-electron chi connectivity index (χ1n) is 5.95. The SMILES string of the molecule is CN.CN.Oc1ccc(Cc2ccc(O)cc2)cc1. The first-order chi connectivity index (χ1) is 9.24. The zero-order valence-electron chi connectivity index (χ0n) is 11.4. The summed E-state index contributed by atoms with van der Waals surface area (Å²) in [6, 6.07) is 14.3. The molecule has 0 aliphatic heterocycles. The number of nitrogens with two attached hydrogens (primary N) is 2. The van der Waals surface area contributed by atoms with Gasteiger partial charge < -0.3 is 21.7 Å². The van der Waals surface area contributed by atoms with E-state index in [1.165, 1.54) is 14.1 Å². The first-order valence-corrected chi connectivity index (χ1v) is 5.95. The maximum atomic E-state index is 9.13. The summed E-state index contributed by atoms with van der Waals surface area (Å²) in [6.45, 7) is 0. The standard InChI is InChI=1S/C13H12O2.2CH5N/c14-12-5-1-10(2-6-12)9-11-3-7-13(15)8-4-11;2*1-2/h1-8,14-15H,9H2;2*2H2,1H3. The van der Waals surface area contributed by atoms with Crippen LogP contribution in [0.1, 0.15) is 11.1 Å². The second-order valence-corrected chi connectivity index (χ2v) is 3.51. The summed E-state index contributed by atoms with van der Waals surface area (Å²) in [5.41, 5.74) is 11.3. The summed E-state index contributed by atoms with van der Waals surface area (Å²) in [5.74, 6) is 0.564. The maximum absolute atomic E-state index is 9.13. The molecule has 4 nitrogen and oxygen atoms in total. The molecule has 0 spiro atoms. The minimum Gasteiger partial charge on any atom is -0.508 e. The second-order valence-electron chi connectivity index (χ2n) is 3.51. The number of aromatic hydroxyl groups is 2. The Morgan fingerprint density at radius 3 is 1.16 bits per heavy atom. The third-order valence-electron chi connectivity index (χ3n) is 2.28. The van der Waals surface area contributed by atoms with Gasteiger partial charge in [0.2, 0.25) is 0 Å². The molecule has 0 aromatic heterocycles. The summed E-state index contributed by atoms with van der Waals surface area (Å²) < 4.78 is 0. The van der Waals surface area contributed by atoms with Gasteiger partial charge in [-0.15, -0.1) is 0 Å². The molecule has 4 heteroatoms. The molecule has 2 rings (SSSR count). The lowest BCUT2D eigenvalue weighted by Crippen LogP contribution is -1.86. The van der Waals surface area contributed by atoms with Gasteiger partial charge in [-0.25, -0.2) is 0 Å². The van der Waals surface area contributed by atoms with Crippen molar-refractivity contribution in [1.29, 1.82) is 0 Å². The molecular formula is C15H22N2O2. The van der Waals surface area contributed by atoms with E-state index in [0.29, 0.717) is 0 Å². The number of hydrogen-bond acceptors (Lipinski definition) is 4. The highest BCUT2D eigenvalue weighted by Crippen LogP contribution is 2.15. The Kier molecular flexibility index (Phi) is 8.87. The average Bonchev–Trinajstić information content (AvgIpc) is 2.48. The zero-order chi connectivity index (χ0) is 14.7. The Bertz CT molecular complexity index is 395. The molecule has 2 aromatic rings. The van der Waals surface area contributed by atoms with Crippen molar-refractivity contribution in [3.05, 3.63) is 59.7 Å². The predicted molar refractivity (Wildman–Crippen MR) is 79.2 cm³/mol. The van der Waals surface area contributed by atoms with Crippen molar-refractivity contribution < 1.29 is 10.2 Å². The molecule has 0 bridgehead atoms. The minimum absolute atomic E-state index is 0.282. The van der Waals surface area contributed by atoms with Gasteiger partial charge in [0.15, 0.2) is 0 Å². The van der Waals surface area contributed by atoms with Crippen LogP contribution in [0.25, 0.3) is 0 Å². The quantitative estimate of drug-likeness (QED) is 0.664. The van der Waals surface area contributed by atoms with Crippen molar-refractivity contribution >= 4 is 0 Å². The van der Waals surface area contributed by atoms with Crippen molar-refractivity contribution in [3.63, 3.8) is 0 Å². The van der Waals surface area contributed by atoms with Crippen LogP contribution in [0, 0.1) is 0 Å². The number of phenols is 2. The molecule has 0 aliphatic rings. The Morgan fingerprint density at radius 1 is 0.632 bits per heavy atom. The normalized spacial score (nSPS) is 8.63. The topological polar surface area (TPSA) is 92.5 Å². The van der Waals surface area contributed by atoms with Gasteiger partial charge in [0.25, 0.3) is 0 Å². The Balaban J connectivity index is 0.000000741. The van der Waals surface area contributed by atoms with Crippen LogP contribution in [-0.4, -0.2) is 24.3 Å². The van der Waals surface area contributed by atoms with Crippen LogP contribution in [0.3, 0.4) is 0 Å². The lowest BCUT2D eigenvalue weighted by atomic mass is 10.1. The van der Waals surface area contributed by atoms with Crippen molar-refractivity contribution in [2.75, 3.05) is 14.1 Å². The molecule has 0 saturated carbocycles. The average molecular weight is 262 g/mol. The summed E-state index contributed by atoms with van der Waals surface area (Å²) in [7, 11) is 3.00. The second kappa shape index (κ2) is 9.94. The summed E-state index contributed by atoms with van der Waals surface area (Å²) in [5, 5.41) is 18.3. The van der Waals surface area contributed by atoms with Gasteiger partial charge in [-0.2, -0.15) is 0 Å². The molecule has 0 aliphatic carbocycles. The van der Waals surface area contributed by atoms with Gasteiger partial charge in [0.1, 0.15) is 11.5 Å². The smallest absolute Gasteiger partial charge is 0.115 e. The van der Waals surface area contributed by atoms with Crippen LogP contribution in [0.5, 0.6) is 11.5 Å². The van der Waals surface area contributed by atoms with E-state index in [2.05, 4.69) is 11.5 Å². The molecule has 6 N–H and O–H groups in total. The Morgan fingerprint density at radius 2 is 0.895 bits per heavy atom. The van der Waals surface area contributed by atoms with Crippen molar-refractivity contribution in [2.45, 2.75) is 6.42 Å². The fourth-order valence-corrected chi connectivity index (χ4v) is 1.46. The maximum Gasteiger partial charge on any atom is 0.115 e. The number of rotatable bonds is 2. The highest BCUT2D eigenvalue weighted by molar-refractivity contribution is 5.32. The van der Waals surface area contributed by atoms with E-state index in [-0.39, 0.29) is 11.5 Å². The Hall–Kier alpha value is -2.04. The molecule has 19 heavy (non-hydrogen) atoms. The molecule has 0 unspecified atom stereocenters. The molecule has 0 amide bonds. The van der Waals surface area contributed by atoms with Gasteiger partial charge in [-0.1, -0.05) is 24.3 Å². The van der Waals surface area contributed by atoms with Gasteiger partial charge in [0.05, 0.1) is 0 Å². The summed E-state index contributed by atoms with van der Waals surface area (Å²) >= 11 is 0. The number of hydrogen-bond donors (Lipinski definition) is 4. The lowest BCUT2D eigenvalue weighted by Gasteiger charge is -2.02. The highest BCUT2D eigenvalue weighted by atomic mass is 16.3. The molecule has 2 aromatic carbocycles. The van der Waals surface area contributed by atoms with Crippen LogP contribution >= 0.6 is 0 Å². The first kappa shape index (κ1) is 17.0. The van der Waals surface area contributed by atoms with Gasteiger partial charge in [0, 0.05) is 0 Å². The molecular weight excluding hydrogens is 240 g/mol. The van der Waals surface area contributed by atoms with Crippen LogP contribution < -0.4 is 11.5 Å². The van der Waals surface area contributed by atoms with Crippen molar-refractivity contribution in [1.82, 2.24) is 0 Å². The molecule has 0 saturated heterocycles. The van der Waals surface area contributed by atoms with E-state index in [1.54, 1.807) is 24.3 Å². The number of phenolic OH excluding ortho intramolecular Hbond substituents is 2. The molecule has 0 heterocycles. The monoisotopic (exact) mass is 262 g/mol. The summed E-state index contributed by atoms with van der Waals surface area (Å²) in [6.07, 6.45) is 0.806. The fourth-order valence-electron chi connectivity index (χ4n) is 1.46. The highest BCUT2D eigenvalue weighted by Gasteiger charge is 1.96. The lowest BCUT2D eigenvalue weighted by molar-refractivity contribution is 0.475. The molecule has 0 atom stereocenters. The predicted octanol–water partition coefficient (Wildman–Crippen LogP) is 1.84. The van der Waals surface area contributed by atoms with Crippen molar-refractivity contribution in [2.24, 2.45) is 11.5 Å². The number of benzene rings is 2. The van der Waals surface area contributed by atoms with E-state index in [4.69, 9.17) is 10.2 Å². The van der Waals surface area contributed by atoms with Crippen LogP contribution in [0.15, 0.2) is 48.5 Å². The minimum atomic E-state index is 0.282. The molecule has 0 fully saturated rings. The van der Waals surface area contributed by atoms with E-state index < -0.39 is 0 Å². The van der Waals surface area contributed by atoms with E-state index in [0.717, 1.165) is 17.5 Å². The van der Waals surface area contributed by atoms with E-state index in [9.17, 15) is 0 Å². The Labute approximate surface area is 114 Å². The third kappa shape index (κ3) is 6.45. The third-order valence-corrected chi connectivity index (χ3v) is 2.28. The van der Waals surface area contributed by atoms with Crippen LogP contribution in [0.2, 0.25) is 0 Å². The zero-order valence-corrected chi connectivity index (χ0v) is 11.4. The van der Waals surface area contributed by atoms with Crippen molar-refractivity contribution in [3.8, 4) is 11.5 Å². The van der Waals surface area contributed by atoms with Crippen LogP contribution in [0.4, 0.5) is 0 Å². The van der Waals surface area contributed by atoms with E-state index >= 15 is 0 Å². The van der Waals surface area contributed by atoms with Gasteiger partial charge in [-0.05, 0) is 55.9 Å². The van der Waals surface area contributed by atoms with Gasteiger partial charge >= 0.3 is 0 Å². The molecule has 0 radical (unpaired) electrons. The molecule has 104 valence electrons. The summed E-state index contributed by atoms with van der Waals surface area (Å²) in [4.78, 5) is 0. The largest absolute Gasteiger partial charge is 0.508 e.